The predicted molar refractivity (Wildman–Crippen MR) is 95.3 cm³/mol. The second-order valence-electron chi connectivity index (χ2n) is 6.90. The molecule has 1 N–H and O–H groups in total. The smallest absolute Gasteiger partial charge is 0.332 e. The number of rotatable bonds is 1. The molecule has 130 valence electrons. The molecule has 1 atom stereocenters. The number of hydrogen-bond donors (Lipinski definition) is 1. The van der Waals surface area contributed by atoms with Crippen molar-refractivity contribution in [3.8, 4) is 0 Å². The number of H-pyrrole nitrogens is 1. The molecule has 2 aliphatic rings. The molecule has 6 heteroatoms. The van der Waals surface area contributed by atoms with E-state index in [1.807, 2.05) is 24.3 Å². The number of amides is 3. The van der Waals surface area contributed by atoms with Crippen LogP contribution in [0.1, 0.15) is 18.2 Å². The summed E-state index contributed by atoms with van der Waals surface area (Å²) < 4.78 is 13.3. The van der Waals surface area contributed by atoms with Crippen LogP contribution in [0.15, 0.2) is 48.5 Å². The van der Waals surface area contributed by atoms with Gasteiger partial charge in [-0.1, -0.05) is 18.2 Å². The van der Waals surface area contributed by atoms with E-state index in [1.165, 1.54) is 24.3 Å². The second-order valence-corrected chi connectivity index (χ2v) is 6.90. The lowest BCUT2D eigenvalue weighted by Gasteiger charge is -2.35. The summed E-state index contributed by atoms with van der Waals surface area (Å²) in [7, 11) is 0. The van der Waals surface area contributed by atoms with Gasteiger partial charge in [-0.05, 0) is 49.2 Å². The minimum absolute atomic E-state index is 0.318. The summed E-state index contributed by atoms with van der Waals surface area (Å²) in [6, 6.07) is 13.0. The molecule has 5 nitrogen and oxygen atoms in total. The Kier molecular flexibility index (Phi) is 2.88. The fourth-order valence-corrected chi connectivity index (χ4v) is 4.21. The van der Waals surface area contributed by atoms with E-state index in [0.29, 0.717) is 18.7 Å². The van der Waals surface area contributed by atoms with E-state index in [2.05, 4.69) is 4.98 Å². The van der Waals surface area contributed by atoms with E-state index in [9.17, 15) is 14.0 Å². The Morgan fingerprint density at radius 2 is 1.81 bits per heavy atom. The minimum atomic E-state index is -1.09. The van der Waals surface area contributed by atoms with Gasteiger partial charge in [-0.15, -0.1) is 0 Å². The Hall–Kier alpha value is -3.15. The zero-order valence-corrected chi connectivity index (χ0v) is 14.1. The van der Waals surface area contributed by atoms with E-state index in [0.717, 1.165) is 27.1 Å². The van der Waals surface area contributed by atoms with Crippen LogP contribution in [-0.2, 0) is 16.8 Å². The van der Waals surface area contributed by atoms with Crippen LogP contribution in [-0.4, -0.2) is 28.4 Å². The van der Waals surface area contributed by atoms with Crippen molar-refractivity contribution in [1.82, 2.24) is 9.88 Å². The van der Waals surface area contributed by atoms with Gasteiger partial charge >= 0.3 is 6.03 Å². The largest absolute Gasteiger partial charge is 0.356 e. The summed E-state index contributed by atoms with van der Waals surface area (Å²) in [4.78, 5) is 32.5. The SMILES string of the molecule is CC12C(=O)N(c3ccc(F)cc3)C(=O)N1CCc1c2[nH]c2ccccc12. The highest BCUT2D eigenvalue weighted by atomic mass is 19.1. The van der Waals surface area contributed by atoms with Gasteiger partial charge in [-0.3, -0.25) is 4.79 Å². The lowest BCUT2D eigenvalue weighted by Crippen LogP contribution is -2.49. The number of carbonyl (C=O) groups is 2. The molecular formula is C20H16FN3O2. The van der Waals surface area contributed by atoms with Gasteiger partial charge in [0.15, 0.2) is 5.54 Å². The lowest BCUT2D eigenvalue weighted by molar-refractivity contribution is -0.125. The van der Waals surface area contributed by atoms with Crippen LogP contribution in [0.4, 0.5) is 14.9 Å². The van der Waals surface area contributed by atoms with Crippen molar-refractivity contribution < 1.29 is 14.0 Å². The molecule has 1 aromatic heterocycles. The molecule has 0 spiro atoms. The minimum Gasteiger partial charge on any atom is -0.356 e. The molecule has 3 heterocycles. The number of para-hydroxylation sites is 1. The number of hydrogen-bond acceptors (Lipinski definition) is 2. The van der Waals surface area contributed by atoms with Crippen LogP contribution < -0.4 is 4.90 Å². The number of imide groups is 1. The molecule has 1 fully saturated rings. The Labute approximate surface area is 149 Å². The molecule has 3 amide bonds. The number of benzene rings is 2. The number of aromatic nitrogens is 1. The van der Waals surface area contributed by atoms with Gasteiger partial charge < -0.3 is 9.88 Å². The van der Waals surface area contributed by atoms with E-state index in [-0.39, 0.29) is 11.9 Å². The van der Waals surface area contributed by atoms with E-state index >= 15 is 0 Å². The standard InChI is InChI=1S/C20H16FN3O2/c1-20-17-15(14-4-2-3-5-16(14)22-17)10-11-23(20)19(26)24(18(20)25)13-8-6-12(21)7-9-13/h2-9,22H,10-11H2,1H3. The molecule has 26 heavy (non-hydrogen) atoms. The van der Waals surface area contributed by atoms with Crippen LogP contribution in [0.5, 0.6) is 0 Å². The number of carbonyl (C=O) groups excluding carboxylic acids is 2. The van der Waals surface area contributed by atoms with Crippen molar-refractivity contribution in [2.75, 3.05) is 11.4 Å². The molecule has 2 aromatic carbocycles. The molecule has 3 aromatic rings. The first-order valence-corrected chi connectivity index (χ1v) is 8.53. The summed E-state index contributed by atoms with van der Waals surface area (Å²) in [5, 5.41) is 1.09. The average molecular weight is 349 g/mol. The Bertz CT molecular complexity index is 1070. The number of urea groups is 1. The van der Waals surface area contributed by atoms with Gasteiger partial charge in [0.2, 0.25) is 0 Å². The number of aromatic amines is 1. The summed E-state index contributed by atoms with van der Waals surface area (Å²) in [6.07, 6.45) is 0.686. The molecule has 5 rings (SSSR count). The topological polar surface area (TPSA) is 56.4 Å². The summed E-state index contributed by atoms with van der Waals surface area (Å²) in [6.45, 7) is 2.25. The fraction of sp³-hybridized carbons (Fsp3) is 0.200. The number of halogens is 1. The molecule has 0 saturated carbocycles. The molecule has 0 bridgehead atoms. The first-order valence-electron chi connectivity index (χ1n) is 8.53. The Morgan fingerprint density at radius 3 is 2.58 bits per heavy atom. The quantitative estimate of drug-likeness (QED) is 0.683. The van der Waals surface area contributed by atoms with Crippen molar-refractivity contribution in [2.24, 2.45) is 0 Å². The highest BCUT2D eigenvalue weighted by molar-refractivity contribution is 6.23. The Morgan fingerprint density at radius 1 is 1.08 bits per heavy atom. The van der Waals surface area contributed by atoms with E-state index in [4.69, 9.17) is 0 Å². The molecular weight excluding hydrogens is 333 g/mol. The second kappa shape index (κ2) is 4.94. The number of nitrogens with one attached hydrogen (secondary N) is 1. The molecule has 1 saturated heterocycles. The van der Waals surface area contributed by atoms with Crippen LogP contribution >= 0.6 is 0 Å². The lowest BCUT2D eigenvalue weighted by atomic mass is 9.87. The Balaban J connectivity index is 1.69. The molecule has 0 aliphatic carbocycles. The predicted octanol–water partition coefficient (Wildman–Crippen LogP) is 3.55. The maximum atomic E-state index is 13.3. The monoisotopic (exact) mass is 349 g/mol. The van der Waals surface area contributed by atoms with Gasteiger partial charge in [-0.25, -0.2) is 14.1 Å². The third-order valence-electron chi connectivity index (χ3n) is 5.55. The summed E-state index contributed by atoms with van der Waals surface area (Å²) in [5.41, 5.74) is 2.11. The van der Waals surface area contributed by atoms with Crippen molar-refractivity contribution in [1.29, 1.82) is 0 Å². The van der Waals surface area contributed by atoms with Gasteiger partial charge in [0.25, 0.3) is 5.91 Å². The van der Waals surface area contributed by atoms with E-state index < -0.39 is 11.4 Å². The first-order chi connectivity index (χ1) is 12.5. The van der Waals surface area contributed by atoms with Crippen LogP contribution in [0.2, 0.25) is 0 Å². The normalized spacial score (nSPS) is 22.1. The summed E-state index contributed by atoms with van der Waals surface area (Å²) in [5.74, 6) is -0.726. The maximum Gasteiger partial charge on any atom is 0.332 e. The average Bonchev–Trinajstić information content (AvgIpc) is 3.11. The molecule has 0 radical (unpaired) electrons. The molecule has 2 aliphatic heterocycles. The van der Waals surface area contributed by atoms with Crippen molar-refractivity contribution >= 4 is 28.5 Å². The highest BCUT2D eigenvalue weighted by Gasteiger charge is 2.58. The third kappa shape index (κ3) is 1.73. The number of anilines is 1. The summed E-state index contributed by atoms with van der Waals surface area (Å²) >= 11 is 0. The fourth-order valence-electron chi connectivity index (χ4n) is 4.21. The van der Waals surface area contributed by atoms with Crippen LogP contribution in [0, 0.1) is 5.82 Å². The van der Waals surface area contributed by atoms with Gasteiger partial charge in [-0.2, -0.15) is 0 Å². The van der Waals surface area contributed by atoms with Gasteiger partial charge in [0.05, 0.1) is 11.4 Å². The zero-order chi connectivity index (χ0) is 18.1. The van der Waals surface area contributed by atoms with Gasteiger partial charge in [0.1, 0.15) is 5.82 Å². The van der Waals surface area contributed by atoms with Crippen molar-refractivity contribution in [3.63, 3.8) is 0 Å². The number of nitrogens with zero attached hydrogens (tertiary/aromatic N) is 2. The maximum absolute atomic E-state index is 13.3. The highest BCUT2D eigenvalue weighted by Crippen LogP contribution is 2.45. The number of fused-ring (bicyclic) bond motifs is 5. The van der Waals surface area contributed by atoms with E-state index in [1.54, 1.807) is 11.8 Å². The molecule has 1 unspecified atom stereocenters. The third-order valence-corrected chi connectivity index (χ3v) is 5.55. The van der Waals surface area contributed by atoms with Gasteiger partial charge in [0, 0.05) is 17.4 Å². The first kappa shape index (κ1) is 15.1. The zero-order valence-electron chi connectivity index (χ0n) is 14.1. The van der Waals surface area contributed by atoms with Crippen molar-refractivity contribution in [3.05, 3.63) is 65.6 Å². The van der Waals surface area contributed by atoms with Crippen LogP contribution in [0.3, 0.4) is 0 Å². The van der Waals surface area contributed by atoms with Crippen LogP contribution in [0.25, 0.3) is 10.9 Å². The van der Waals surface area contributed by atoms with Crippen molar-refractivity contribution in [2.45, 2.75) is 18.9 Å².